The lowest BCUT2D eigenvalue weighted by Gasteiger charge is -2.21. The second-order valence-electron chi connectivity index (χ2n) is 11.4. The predicted molar refractivity (Wildman–Crippen MR) is 160 cm³/mol. The fourth-order valence-electron chi connectivity index (χ4n) is 5.33. The molecule has 226 valence electrons. The molecular weight excluding hydrogens is 494 g/mol. The summed E-state index contributed by atoms with van der Waals surface area (Å²) in [5, 5.41) is 5.41. The lowest BCUT2D eigenvalue weighted by Crippen LogP contribution is -2.48. The van der Waals surface area contributed by atoms with Crippen molar-refractivity contribution in [3.8, 4) is 0 Å². The largest absolute Gasteiger partial charge is 0.345 e. The number of rotatable bonds is 24. The first kappa shape index (κ1) is 35.3. The Kier molecular flexibility index (Phi) is 21.8. The van der Waals surface area contributed by atoms with Crippen LogP contribution in [0.2, 0.25) is 0 Å². The van der Waals surface area contributed by atoms with Gasteiger partial charge in [-0.2, -0.15) is 0 Å². The van der Waals surface area contributed by atoms with Gasteiger partial charge in [-0.15, -0.1) is 0 Å². The van der Waals surface area contributed by atoms with E-state index in [-0.39, 0.29) is 12.1 Å². The van der Waals surface area contributed by atoms with Gasteiger partial charge in [0.1, 0.15) is 0 Å². The van der Waals surface area contributed by atoms with Crippen LogP contribution in [0.4, 0.5) is 8.78 Å². The molecule has 1 fully saturated rings. The van der Waals surface area contributed by atoms with Crippen LogP contribution in [0.1, 0.15) is 162 Å². The molecule has 0 unspecified atom stereocenters. The summed E-state index contributed by atoms with van der Waals surface area (Å²) in [6.07, 6.45) is 27.4. The maximum absolute atomic E-state index is 14.3. The number of unbranched alkanes of at least 4 members (excludes halogenated alkanes) is 18. The zero-order chi connectivity index (χ0) is 28.6. The second-order valence-corrected chi connectivity index (χ2v) is 11.4. The Morgan fingerprint density at radius 1 is 0.564 bits per heavy atom. The first-order valence-corrected chi connectivity index (χ1v) is 16.3. The highest BCUT2D eigenvalue weighted by atomic mass is 19.1. The van der Waals surface area contributed by atoms with E-state index in [0.29, 0.717) is 25.7 Å². The topological polar surface area (TPSA) is 58.2 Å². The van der Waals surface area contributed by atoms with Gasteiger partial charge in [-0.1, -0.05) is 117 Å². The normalized spacial score (nSPS) is 17.9. The van der Waals surface area contributed by atoms with Crippen LogP contribution in [0, 0.1) is 0 Å². The van der Waals surface area contributed by atoms with E-state index in [4.69, 9.17) is 0 Å². The third-order valence-electron chi connectivity index (χ3n) is 7.85. The molecule has 0 aliphatic heterocycles. The molecule has 0 aromatic carbocycles. The first-order valence-electron chi connectivity index (χ1n) is 16.3. The number of nitrogens with one attached hydrogen (secondary N) is 2. The highest BCUT2D eigenvalue weighted by Gasteiger charge is 2.31. The van der Waals surface area contributed by atoms with Crippen molar-refractivity contribution in [2.75, 3.05) is 0 Å². The van der Waals surface area contributed by atoms with Crippen molar-refractivity contribution in [2.45, 2.75) is 174 Å². The minimum absolute atomic E-state index is 0.376. The van der Waals surface area contributed by atoms with Crippen molar-refractivity contribution in [2.24, 2.45) is 0 Å². The van der Waals surface area contributed by atoms with E-state index < -0.39 is 23.5 Å². The summed E-state index contributed by atoms with van der Waals surface area (Å²) in [7, 11) is 0. The van der Waals surface area contributed by atoms with Gasteiger partial charge >= 0.3 is 0 Å². The number of carbonyl (C=O) groups excluding carboxylic acids is 2. The summed E-state index contributed by atoms with van der Waals surface area (Å²) in [4.78, 5) is 24.6. The summed E-state index contributed by atoms with van der Waals surface area (Å²) in [5.74, 6) is -3.01. The highest BCUT2D eigenvalue weighted by Crippen LogP contribution is 2.21. The average molecular weight is 553 g/mol. The number of amides is 2. The van der Waals surface area contributed by atoms with Gasteiger partial charge in [0.25, 0.3) is 11.8 Å². The molecule has 1 saturated carbocycles. The number of hydrogen-bond acceptors (Lipinski definition) is 2. The van der Waals surface area contributed by atoms with Crippen molar-refractivity contribution in [1.82, 2.24) is 10.6 Å². The third-order valence-corrected chi connectivity index (χ3v) is 7.85. The summed E-state index contributed by atoms with van der Waals surface area (Å²) in [5.41, 5.74) is 0. The molecule has 4 nitrogen and oxygen atoms in total. The van der Waals surface area contributed by atoms with Crippen LogP contribution in [-0.4, -0.2) is 23.9 Å². The van der Waals surface area contributed by atoms with Gasteiger partial charge in [0, 0.05) is 12.1 Å². The summed E-state index contributed by atoms with van der Waals surface area (Å²) in [6.45, 7) is 4.44. The molecule has 0 aromatic heterocycles. The van der Waals surface area contributed by atoms with E-state index in [0.717, 1.165) is 44.9 Å². The molecule has 39 heavy (non-hydrogen) atoms. The molecule has 2 N–H and O–H groups in total. The van der Waals surface area contributed by atoms with Crippen LogP contribution in [0.25, 0.3) is 0 Å². The van der Waals surface area contributed by atoms with Gasteiger partial charge in [0.15, 0.2) is 11.7 Å². The summed E-state index contributed by atoms with van der Waals surface area (Å²) in [6, 6.07) is -0.753. The Bertz CT molecular complexity index is 650. The van der Waals surface area contributed by atoms with Crippen LogP contribution < -0.4 is 10.6 Å². The molecule has 0 bridgehead atoms. The van der Waals surface area contributed by atoms with Crippen molar-refractivity contribution in [1.29, 1.82) is 0 Å². The Balaban J connectivity index is 2.22. The maximum atomic E-state index is 14.3. The maximum Gasteiger partial charge on any atom is 0.279 e. The van der Waals surface area contributed by atoms with E-state index in [2.05, 4.69) is 24.5 Å². The first-order chi connectivity index (χ1) is 19.0. The molecule has 0 heterocycles. The smallest absolute Gasteiger partial charge is 0.279 e. The second kappa shape index (κ2) is 24.1. The Morgan fingerprint density at radius 3 is 1.21 bits per heavy atom. The van der Waals surface area contributed by atoms with Crippen molar-refractivity contribution in [3.63, 3.8) is 0 Å². The van der Waals surface area contributed by atoms with Crippen LogP contribution in [0.5, 0.6) is 0 Å². The van der Waals surface area contributed by atoms with Gasteiger partial charge in [-0.05, 0) is 57.1 Å². The molecule has 1 rings (SSSR count). The molecule has 6 heteroatoms. The average Bonchev–Trinajstić information content (AvgIpc) is 3.36. The monoisotopic (exact) mass is 552 g/mol. The zero-order valence-corrected chi connectivity index (χ0v) is 25.1. The summed E-state index contributed by atoms with van der Waals surface area (Å²) >= 11 is 0. The quantitative estimate of drug-likeness (QED) is 0.0925. The molecule has 1 aliphatic rings. The molecule has 2 atom stereocenters. The molecule has 0 saturated heterocycles. The van der Waals surface area contributed by atoms with E-state index in [1.807, 2.05) is 0 Å². The van der Waals surface area contributed by atoms with Crippen LogP contribution in [0.15, 0.2) is 23.8 Å². The van der Waals surface area contributed by atoms with Crippen molar-refractivity contribution >= 4 is 11.8 Å². The zero-order valence-electron chi connectivity index (χ0n) is 25.1. The van der Waals surface area contributed by atoms with E-state index in [9.17, 15) is 18.4 Å². The van der Waals surface area contributed by atoms with Crippen LogP contribution >= 0.6 is 0 Å². The van der Waals surface area contributed by atoms with E-state index in [1.165, 1.54) is 89.2 Å². The molecule has 1 aliphatic carbocycles. The van der Waals surface area contributed by atoms with Crippen LogP contribution in [-0.2, 0) is 9.59 Å². The SMILES string of the molecule is CCCCCCCCCCC/C=C(\F)C(=O)N[C@@H]1CCC[C@@H]1NC(=O)/C(F)=C\CCCCCCCCCCC. The standard InChI is InChI=1S/C33H58F2N2O2/c1-3-5-7-9-11-13-15-17-19-21-24-28(34)32(38)36-30-26-23-27-31(30)37-33(39)29(35)25-22-20-18-16-14-12-10-8-6-4-2/h24-25,30-31H,3-23,26-27H2,1-2H3,(H,36,38)(H,37,39)/b28-24-,29-25+/t30-,31+/m1/s1. The van der Waals surface area contributed by atoms with Gasteiger partial charge in [0.2, 0.25) is 0 Å². The predicted octanol–water partition coefficient (Wildman–Crippen LogP) is 9.69. The van der Waals surface area contributed by atoms with Crippen molar-refractivity contribution < 1.29 is 18.4 Å². The Morgan fingerprint density at radius 2 is 0.872 bits per heavy atom. The Labute approximate surface area is 238 Å². The Hall–Kier alpha value is -1.72. The lowest BCUT2D eigenvalue weighted by molar-refractivity contribution is -0.122. The van der Waals surface area contributed by atoms with E-state index in [1.54, 1.807) is 0 Å². The molecule has 0 aromatic rings. The lowest BCUT2D eigenvalue weighted by atomic mass is 10.1. The van der Waals surface area contributed by atoms with Gasteiger partial charge in [-0.25, -0.2) is 8.78 Å². The number of hydrogen-bond donors (Lipinski definition) is 2. The third kappa shape index (κ3) is 18.3. The fourth-order valence-corrected chi connectivity index (χ4v) is 5.33. The van der Waals surface area contributed by atoms with Crippen LogP contribution in [0.3, 0.4) is 0 Å². The van der Waals surface area contributed by atoms with E-state index >= 15 is 0 Å². The molecule has 0 radical (unpaired) electrons. The molecule has 2 amide bonds. The number of allylic oxidation sites excluding steroid dienone is 2. The number of halogens is 2. The van der Waals surface area contributed by atoms with Gasteiger partial charge in [-0.3, -0.25) is 9.59 Å². The molecule has 0 spiro atoms. The minimum atomic E-state index is -0.765. The minimum Gasteiger partial charge on any atom is -0.345 e. The summed E-state index contributed by atoms with van der Waals surface area (Å²) < 4.78 is 28.7. The van der Waals surface area contributed by atoms with Gasteiger partial charge < -0.3 is 10.6 Å². The fraction of sp³-hybridized carbons (Fsp3) is 0.818. The highest BCUT2D eigenvalue weighted by molar-refractivity contribution is 5.92. The molecular formula is C33H58F2N2O2. The van der Waals surface area contributed by atoms with Crippen molar-refractivity contribution in [3.05, 3.63) is 23.8 Å². The van der Waals surface area contributed by atoms with Gasteiger partial charge in [0.05, 0.1) is 0 Å². The number of carbonyl (C=O) groups is 2.